The van der Waals surface area contributed by atoms with E-state index in [4.69, 9.17) is 0 Å². The second kappa shape index (κ2) is 5.97. The number of hydrogen-bond donors (Lipinski definition) is 1. The summed E-state index contributed by atoms with van der Waals surface area (Å²) in [5, 5.41) is 7.44. The van der Waals surface area contributed by atoms with Gasteiger partial charge in [-0.25, -0.2) is 0 Å². The number of benzene rings is 5. The molecule has 1 aliphatic rings. The average Bonchev–Trinajstić information content (AvgIpc) is 3.35. The molecule has 0 radical (unpaired) electrons. The topological polar surface area (TPSA) is 32.9 Å². The van der Waals surface area contributed by atoms with Crippen LogP contribution in [0.1, 0.15) is 0 Å². The Morgan fingerprint density at radius 2 is 1.26 bits per heavy atom. The highest BCUT2D eigenvalue weighted by Gasteiger charge is 2.43. The van der Waals surface area contributed by atoms with Crippen molar-refractivity contribution in [3.05, 3.63) is 103 Å². The van der Waals surface area contributed by atoms with E-state index in [9.17, 15) is 0 Å². The maximum absolute atomic E-state index is 15.1. The Morgan fingerprint density at radius 3 is 2.10 bits per heavy atom. The number of nitrogens with one attached hydrogen (secondary N) is 1. The van der Waals surface area contributed by atoms with Crippen LogP contribution in [-0.4, -0.2) is 4.98 Å². The van der Waals surface area contributed by atoms with Crippen LogP contribution < -0.4 is 15.9 Å². The lowest BCUT2D eigenvalue weighted by Gasteiger charge is -2.18. The van der Waals surface area contributed by atoms with Gasteiger partial charge in [-0.2, -0.15) is 0 Å². The Kier molecular flexibility index (Phi) is 3.29. The normalized spacial score (nSPS) is 17.3. The Bertz CT molecular complexity index is 1710. The lowest BCUT2D eigenvalue weighted by Crippen LogP contribution is -2.21. The molecule has 0 fully saturated rings. The minimum atomic E-state index is -3.02. The molecule has 0 saturated carbocycles. The molecule has 1 N–H and O–H groups in total. The lowest BCUT2D eigenvalue weighted by atomic mass is 9.96. The highest BCUT2D eigenvalue weighted by Crippen LogP contribution is 2.56. The Balaban J connectivity index is 1.80. The van der Waals surface area contributed by atoms with Crippen molar-refractivity contribution in [1.82, 2.24) is 4.98 Å². The molecule has 3 heteroatoms. The van der Waals surface area contributed by atoms with Gasteiger partial charge in [-0.1, -0.05) is 97.1 Å². The minimum absolute atomic E-state index is 0.891. The maximum Gasteiger partial charge on any atom is 0.172 e. The third kappa shape index (κ3) is 2.06. The summed E-state index contributed by atoms with van der Waals surface area (Å²) >= 11 is 0. The zero-order chi connectivity index (χ0) is 20.6. The number of H-pyrrole nitrogens is 1. The van der Waals surface area contributed by atoms with Crippen LogP contribution in [0, 0.1) is 0 Å². The molecule has 7 rings (SSSR count). The van der Waals surface area contributed by atoms with E-state index in [1.54, 1.807) is 0 Å². The molecular weight excluding hydrogens is 397 g/mol. The van der Waals surface area contributed by atoms with E-state index < -0.39 is 7.14 Å². The first-order valence-electron chi connectivity index (χ1n) is 10.5. The molecule has 2 heterocycles. The van der Waals surface area contributed by atoms with E-state index in [0.29, 0.717) is 0 Å². The van der Waals surface area contributed by atoms with E-state index in [-0.39, 0.29) is 0 Å². The molecule has 146 valence electrons. The SMILES string of the molecule is O=P1(c2ccccc2)c2ccccc2-c2c1c1ccccc1c1c2[nH]c2ccccc21. The highest BCUT2D eigenvalue weighted by atomic mass is 31.2. The first kappa shape index (κ1) is 17.1. The number of para-hydroxylation sites is 1. The Hall–Kier alpha value is -3.61. The van der Waals surface area contributed by atoms with E-state index in [1.807, 2.05) is 48.5 Å². The molecule has 31 heavy (non-hydrogen) atoms. The average molecular weight is 415 g/mol. The molecule has 6 aromatic rings. The van der Waals surface area contributed by atoms with Crippen molar-refractivity contribution >= 4 is 55.6 Å². The van der Waals surface area contributed by atoms with Crippen LogP contribution in [0.3, 0.4) is 0 Å². The quantitative estimate of drug-likeness (QED) is 0.323. The molecular formula is C28H18NOP. The van der Waals surface area contributed by atoms with Gasteiger partial charge in [-0.15, -0.1) is 0 Å². The number of rotatable bonds is 1. The van der Waals surface area contributed by atoms with Gasteiger partial charge in [0.2, 0.25) is 0 Å². The van der Waals surface area contributed by atoms with E-state index in [1.165, 1.54) is 10.8 Å². The largest absolute Gasteiger partial charge is 0.354 e. The molecule has 1 atom stereocenters. The molecule has 1 unspecified atom stereocenters. The summed E-state index contributed by atoms with van der Waals surface area (Å²) in [5.41, 5.74) is 4.35. The van der Waals surface area contributed by atoms with Gasteiger partial charge in [0.25, 0.3) is 0 Å². The summed E-state index contributed by atoms with van der Waals surface area (Å²) in [7, 11) is -3.02. The van der Waals surface area contributed by atoms with Crippen molar-refractivity contribution in [1.29, 1.82) is 0 Å². The van der Waals surface area contributed by atoms with E-state index in [0.717, 1.165) is 48.8 Å². The number of hydrogen-bond acceptors (Lipinski definition) is 1. The van der Waals surface area contributed by atoms with Gasteiger partial charge in [-0.3, -0.25) is 0 Å². The van der Waals surface area contributed by atoms with Crippen LogP contribution in [0.2, 0.25) is 0 Å². The van der Waals surface area contributed by atoms with Crippen molar-refractivity contribution in [3.63, 3.8) is 0 Å². The summed E-state index contributed by atoms with van der Waals surface area (Å²) < 4.78 is 15.1. The van der Waals surface area contributed by atoms with Crippen molar-refractivity contribution in [2.75, 3.05) is 0 Å². The number of fused-ring (bicyclic) bond motifs is 10. The molecule has 0 amide bonds. The van der Waals surface area contributed by atoms with Gasteiger partial charge in [0.05, 0.1) is 5.52 Å². The second-order valence-electron chi connectivity index (χ2n) is 8.15. The van der Waals surface area contributed by atoms with Gasteiger partial charge < -0.3 is 9.55 Å². The van der Waals surface area contributed by atoms with Crippen molar-refractivity contribution in [2.45, 2.75) is 0 Å². The summed E-state index contributed by atoms with van der Waals surface area (Å²) in [6, 6.07) is 35.1. The molecule has 0 saturated heterocycles. The van der Waals surface area contributed by atoms with E-state index >= 15 is 4.57 Å². The summed E-state index contributed by atoms with van der Waals surface area (Å²) in [6.45, 7) is 0. The second-order valence-corrected chi connectivity index (χ2v) is 10.8. The summed E-state index contributed by atoms with van der Waals surface area (Å²) in [6.07, 6.45) is 0. The zero-order valence-corrected chi connectivity index (χ0v) is 17.6. The van der Waals surface area contributed by atoms with Gasteiger partial charge in [0.1, 0.15) is 0 Å². The van der Waals surface area contributed by atoms with Crippen LogP contribution >= 0.6 is 7.14 Å². The molecule has 0 aliphatic carbocycles. The standard InChI is InChI=1S/C28H18NOP/c30-31(18-10-2-1-3-11-18)24-17-9-7-15-22(24)26-27-25(21-14-6-8-16-23(21)29-27)19-12-4-5-13-20(19)28(26)31/h1-17,29H. The summed E-state index contributed by atoms with van der Waals surface area (Å²) in [5.74, 6) is 0. The predicted octanol–water partition coefficient (Wildman–Crippen LogP) is 6.09. The van der Waals surface area contributed by atoms with Crippen LogP contribution in [0.25, 0.3) is 43.7 Å². The first-order chi connectivity index (χ1) is 15.3. The first-order valence-corrected chi connectivity index (χ1v) is 12.2. The minimum Gasteiger partial charge on any atom is -0.354 e. The summed E-state index contributed by atoms with van der Waals surface area (Å²) in [4.78, 5) is 3.68. The predicted molar refractivity (Wildman–Crippen MR) is 132 cm³/mol. The van der Waals surface area contributed by atoms with Gasteiger partial charge in [-0.05, 0) is 22.4 Å². The monoisotopic (exact) mass is 415 g/mol. The van der Waals surface area contributed by atoms with Crippen molar-refractivity contribution in [2.24, 2.45) is 0 Å². The fourth-order valence-corrected chi connectivity index (χ4v) is 8.62. The van der Waals surface area contributed by atoms with E-state index in [2.05, 4.69) is 59.6 Å². The van der Waals surface area contributed by atoms with Crippen LogP contribution in [-0.2, 0) is 4.57 Å². The van der Waals surface area contributed by atoms with Gasteiger partial charge in [0.15, 0.2) is 7.14 Å². The number of aromatic nitrogens is 1. The Morgan fingerprint density at radius 1 is 0.613 bits per heavy atom. The molecule has 5 aromatic carbocycles. The Labute approximate surface area is 179 Å². The van der Waals surface area contributed by atoms with Crippen LogP contribution in [0.4, 0.5) is 0 Å². The van der Waals surface area contributed by atoms with Gasteiger partial charge in [0, 0.05) is 37.8 Å². The molecule has 2 nitrogen and oxygen atoms in total. The molecule has 0 spiro atoms. The zero-order valence-electron chi connectivity index (χ0n) is 16.7. The smallest absolute Gasteiger partial charge is 0.172 e. The third-order valence-electron chi connectivity index (χ3n) is 6.59. The third-order valence-corrected chi connectivity index (χ3v) is 9.78. The fraction of sp³-hybridized carbons (Fsp3) is 0. The lowest BCUT2D eigenvalue weighted by molar-refractivity contribution is 0.593. The molecule has 0 bridgehead atoms. The fourth-order valence-electron chi connectivity index (χ4n) is 5.35. The van der Waals surface area contributed by atoms with Crippen molar-refractivity contribution < 1.29 is 4.57 Å². The van der Waals surface area contributed by atoms with Crippen molar-refractivity contribution in [3.8, 4) is 11.1 Å². The highest BCUT2D eigenvalue weighted by molar-refractivity contribution is 7.87. The van der Waals surface area contributed by atoms with Crippen LogP contribution in [0.15, 0.2) is 103 Å². The maximum atomic E-state index is 15.1. The number of aromatic amines is 1. The van der Waals surface area contributed by atoms with Crippen LogP contribution in [0.5, 0.6) is 0 Å². The molecule has 1 aliphatic heterocycles. The van der Waals surface area contributed by atoms with Gasteiger partial charge >= 0.3 is 0 Å². The molecule has 1 aromatic heterocycles.